The summed E-state index contributed by atoms with van der Waals surface area (Å²) in [5, 5.41) is 8.55. The normalized spacial score (nSPS) is 11.4. The molecule has 2 nitrogen and oxygen atoms in total. The van der Waals surface area contributed by atoms with Crippen molar-refractivity contribution in [2.75, 3.05) is 0 Å². The van der Waals surface area contributed by atoms with Crippen LogP contribution in [0.5, 0.6) is 0 Å². The third kappa shape index (κ3) is 3.05. The fourth-order valence-electron chi connectivity index (χ4n) is 1.37. The van der Waals surface area contributed by atoms with Crippen molar-refractivity contribution in [3.63, 3.8) is 0 Å². The summed E-state index contributed by atoms with van der Waals surface area (Å²) >= 11 is 0. The molecule has 0 aliphatic heterocycles. The molecule has 0 aromatic heterocycles. The standard InChI is InChI=1S/C12H14O2/c1-9(8-12(13)14)7-11-6-4-3-5-10(11)2/h3-6,8H,7H2,1-2H3,(H,13,14)/b9-8+. The van der Waals surface area contributed by atoms with Crippen LogP contribution in [0.4, 0.5) is 0 Å². The van der Waals surface area contributed by atoms with Crippen molar-refractivity contribution in [3.8, 4) is 0 Å². The van der Waals surface area contributed by atoms with Gasteiger partial charge < -0.3 is 5.11 Å². The summed E-state index contributed by atoms with van der Waals surface area (Å²) in [5.41, 5.74) is 3.25. The number of hydrogen-bond donors (Lipinski definition) is 1. The number of aliphatic carboxylic acids is 1. The summed E-state index contributed by atoms with van der Waals surface area (Å²) < 4.78 is 0. The Morgan fingerprint density at radius 2 is 2.07 bits per heavy atom. The highest BCUT2D eigenvalue weighted by Gasteiger charge is 1.99. The van der Waals surface area contributed by atoms with E-state index in [1.54, 1.807) is 0 Å². The molecule has 0 saturated heterocycles. The minimum Gasteiger partial charge on any atom is -0.478 e. The number of benzene rings is 1. The highest BCUT2D eigenvalue weighted by atomic mass is 16.4. The van der Waals surface area contributed by atoms with Crippen LogP contribution >= 0.6 is 0 Å². The number of allylic oxidation sites excluding steroid dienone is 1. The molecule has 0 unspecified atom stereocenters. The summed E-state index contributed by atoms with van der Waals surface area (Å²) in [4.78, 5) is 10.4. The van der Waals surface area contributed by atoms with Crippen molar-refractivity contribution in [2.45, 2.75) is 20.3 Å². The van der Waals surface area contributed by atoms with E-state index in [0.29, 0.717) is 6.42 Å². The van der Waals surface area contributed by atoms with Crippen LogP contribution in [0.3, 0.4) is 0 Å². The molecule has 1 N–H and O–H groups in total. The van der Waals surface area contributed by atoms with Crippen LogP contribution in [0.15, 0.2) is 35.9 Å². The van der Waals surface area contributed by atoms with Crippen molar-refractivity contribution < 1.29 is 9.90 Å². The summed E-state index contributed by atoms with van der Waals surface area (Å²) in [5.74, 6) is -0.879. The lowest BCUT2D eigenvalue weighted by atomic mass is 10.0. The number of hydrogen-bond acceptors (Lipinski definition) is 1. The van der Waals surface area contributed by atoms with Crippen LogP contribution in [0.2, 0.25) is 0 Å². The maximum absolute atomic E-state index is 10.4. The number of carboxylic acids is 1. The zero-order valence-corrected chi connectivity index (χ0v) is 8.45. The average Bonchev–Trinajstić information content (AvgIpc) is 2.07. The molecule has 0 heterocycles. The molecule has 14 heavy (non-hydrogen) atoms. The Morgan fingerprint density at radius 1 is 1.43 bits per heavy atom. The third-order valence-electron chi connectivity index (χ3n) is 2.10. The molecular formula is C12H14O2. The minimum atomic E-state index is -0.879. The van der Waals surface area contributed by atoms with Gasteiger partial charge in [0.25, 0.3) is 0 Å². The fraction of sp³-hybridized carbons (Fsp3) is 0.250. The monoisotopic (exact) mass is 190 g/mol. The third-order valence-corrected chi connectivity index (χ3v) is 2.10. The molecule has 0 atom stereocenters. The molecule has 0 saturated carbocycles. The van der Waals surface area contributed by atoms with Gasteiger partial charge in [-0.05, 0) is 31.4 Å². The first-order valence-corrected chi connectivity index (χ1v) is 4.54. The molecule has 1 aromatic carbocycles. The predicted molar refractivity (Wildman–Crippen MR) is 56.3 cm³/mol. The number of carbonyl (C=O) groups is 1. The second-order valence-electron chi connectivity index (χ2n) is 3.43. The molecule has 0 aliphatic rings. The largest absolute Gasteiger partial charge is 0.478 e. The van der Waals surface area contributed by atoms with E-state index in [0.717, 1.165) is 5.57 Å². The first kappa shape index (κ1) is 10.5. The molecule has 0 amide bonds. The van der Waals surface area contributed by atoms with E-state index in [-0.39, 0.29) is 0 Å². The van der Waals surface area contributed by atoms with Gasteiger partial charge in [-0.25, -0.2) is 4.79 Å². The van der Waals surface area contributed by atoms with Gasteiger partial charge in [0, 0.05) is 6.08 Å². The first-order valence-electron chi connectivity index (χ1n) is 4.54. The second kappa shape index (κ2) is 4.61. The lowest BCUT2D eigenvalue weighted by molar-refractivity contribution is -0.131. The van der Waals surface area contributed by atoms with Gasteiger partial charge in [-0.15, -0.1) is 0 Å². The molecule has 74 valence electrons. The van der Waals surface area contributed by atoms with Crippen LogP contribution < -0.4 is 0 Å². The van der Waals surface area contributed by atoms with E-state index in [2.05, 4.69) is 0 Å². The van der Waals surface area contributed by atoms with Gasteiger partial charge in [-0.1, -0.05) is 29.8 Å². The molecule has 0 bridgehead atoms. The van der Waals surface area contributed by atoms with Crippen LogP contribution in [-0.4, -0.2) is 11.1 Å². The van der Waals surface area contributed by atoms with Crippen LogP contribution in [0.1, 0.15) is 18.1 Å². The Bertz CT molecular complexity index is 364. The Balaban J connectivity index is 2.79. The summed E-state index contributed by atoms with van der Waals surface area (Å²) in [6, 6.07) is 8.00. The Labute approximate surface area is 83.9 Å². The van der Waals surface area contributed by atoms with Gasteiger partial charge in [0.05, 0.1) is 0 Å². The molecule has 1 rings (SSSR count). The Kier molecular flexibility index (Phi) is 3.46. The van der Waals surface area contributed by atoms with Crippen molar-refractivity contribution in [1.29, 1.82) is 0 Å². The predicted octanol–water partition coefficient (Wildman–Crippen LogP) is 2.57. The zero-order chi connectivity index (χ0) is 10.6. The minimum absolute atomic E-state index is 0.707. The van der Waals surface area contributed by atoms with Crippen molar-refractivity contribution in [2.24, 2.45) is 0 Å². The summed E-state index contributed by atoms with van der Waals surface area (Å²) in [7, 11) is 0. The smallest absolute Gasteiger partial charge is 0.328 e. The van der Waals surface area contributed by atoms with Gasteiger partial charge in [0.2, 0.25) is 0 Å². The zero-order valence-electron chi connectivity index (χ0n) is 8.45. The van der Waals surface area contributed by atoms with E-state index < -0.39 is 5.97 Å². The fourth-order valence-corrected chi connectivity index (χ4v) is 1.37. The van der Waals surface area contributed by atoms with E-state index >= 15 is 0 Å². The average molecular weight is 190 g/mol. The van der Waals surface area contributed by atoms with Crippen LogP contribution in [-0.2, 0) is 11.2 Å². The van der Waals surface area contributed by atoms with E-state index in [1.807, 2.05) is 38.1 Å². The van der Waals surface area contributed by atoms with Crippen molar-refractivity contribution >= 4 is 5.97 Å². The second-order valence-corrected chi connectivity index (χ2v) is 3.43. The molecule has 0 fully saturated rings. The molecule has 2 heteroatoms. The maximum atomic E-state index is 10.4. The Hall–Kier alpha value is -1.57. The van der Waals surface area contributed by atoms with Gasteiger partial charge in [-0.2, -0.15) is 0 Å². The van der Waals surface area contributed by atoms with Gasteiger partial charge in [0.1, 0.15) is 0 Å². The van der Waals surface area contributed by atoms with Gasteiger partial charge >= 0.3 is 5.97 Å². The topological polar surface area (TPSA) is 37.3 Å². The molecule has 0 spiro atoms. The number of carboxylic acid groups (broad SMARTS) is 1. The molecule has 0 radical (unpaired) electrons. The Morgan fingerprint density at radius 3 is 2.64 bits per heavy atom. The maximum Gasteiger partial charge on any atom is 0.328 e. The van der Waals surface area contributed by atoms with Crippen molar-refractivity contribution in [3.05, 3.63) is 47.0 Å². The quantitative estimate of drug-likeness (QED) is 0.744. The van der Waals surface area contributed by atoms with Crippen LogP contribution in [0, 0.1) is 6.92 Å². The van der Waals surface area contributed by atoms with Gasteiger partial charge in [-0.3, -0.25) is 0 Å². The summed E-state index contributed by atoms with van der Waals surface area (Å²) in [6.45, 7) is 3.87. The summed E-state index contributed by atoms with van der Waals surface area (Å²) in [6.07, 6.45) is 1.96. The lowest BCUT2D eigenvalue weighted by Crippen LogP contribution is -1.94. The van der Waals surface area contributed by atoms with Crippen LogP contribution in [0.25, 0.3) is 0 Å². The molecule has 0 aliphatic carbocycles. The van der Waals surface area contributed by atoms with E-state index in [1.165, 1.54) is 17.2 Å². The highest BCUT2D eigenvalue weighted by Crippen LogP contribution is 2.12. The SMILES string of the molecule is C/C(=C\C(=O)O)Cc1ccccc1C. The van der Waals surface area contributed by atoms with Crippen molar-refractivity contribution in [1.82, 2.24) is 0 Å². The highest BCUT2D eigenvalue weighted by molar-refractivity contribution is 5.80. The first-order chi connectivity index (χ1) is 6.59. The van der Waals surface area contributed by atoms with E-state index in [4.69, 9.17) is 5.11 Å². The lowest BCUT2D eigenvalue weighted by Gasteiger charge is -2.04. The molecular weight excluding hydrogens is 176 g/mol. The number of rotatable bonds is 3. The molecule has 1 aromatic rings. The van der Waals surface area contributed by atoms with E-state index in [9.17, 15) is 4.79 Å². The number of aryl methyl sites for hydroxylation is 1. The van der Waals surface area contributed by atoms with Gasteiger partial charge in [0.15, 0.2) is 0 Å².